The quantitative estimate of drug-likeness (QED) is 0.712. The molecule has 0 bridgehead atoms. The van der Waals surface area contributed by atoms with Crippen molar-refractivity contribution in [2.45, 2.75) is 12.8 Å². The number of fused-ring (bicyclic) bond motifs is 1. The Balaban J connectivity index is 2.44. The van der Waals surface area contributed by atoms with Gasteiger partial charge in [-0.15, -0.1) is 0 Å². The number of benzene rings is 1. The van der Waals surface area contributed by atoms with Crippen LogP contribution in [0.15, 0.2) is 18.2 Å². The number of carbonyl (C=O) groups is 2. The normalized spacial score (nSPS) is 14.5. The molecule has 0 aliphatic carbocycles. The van der Waals surface area contributed by atoms with Gasteiger partial charge in [0.15, 0.2) is 0 Å². The topological polar surface area (TPSA) is 57.6 Å². The standard InChI is InChI=1S/C11H11NO3/c13-7-8-3-4-10-9(6-8)2-1-5-12(10)11(14)15/h3-4,6-7H,1-2,5H2,(H,14,15). The Kier molecular flexibility index (Phi) is 2.41. The van der Waals surface area contributed by atoms with Crippen molar-refractivity contribution in [1.29, 1.82) is 0 Å². The number of nitrogens with zero attached hydrogens (tertiary/aromatic N) is 1. The van der Waals surface area contributed by atoms with E-state index in [-0.39, 0.29) is 0 Å². The third kappa shape index (κ3) is 1.70. The summed E-state index contributed by atoms with van der Waals surface area (Å²) < 4.78 is 0. The maximum Gasteiger partial charge on any atom is 0.411 e. The fourth-order valence-electron chi connectivity index (χ4n) is 1.89. The van der Waals surface area contributed by atoms with Gasteiger partial charge in [0.05, 0.1) is 5.69 Å². The van der Waals surface area contributed by atoms with Crippen LogP contribution in [0.3, 0.4) is 0 Å². The molecule has 1 heterocycles. The summed E-state index contributed by atoms with van der Waals surface area (Å²) in [4.78, 5) is 22.8. The number of anilines is 1. The summed E-state index contributed by atoms with van der Waals surface area (Å²) >= 11 is 0. The van der Waals surface area contributed by atoms with E-state index in [4.69, 9.17) is 5.11 Å². The van der Waals surface area contributed by atoms with Crippen LogP contribution in [0.2, 0.25) is 0 Å². The van der Waals surface area contributed by atoms with Gasteiger partial charge < -0.3 is 5.11 Å². The molecule has 1 N–H and O–H groups in total. The molecule has 1 aliphatic heterocycles. The maximum absolute atomic E-state index is 10.9. The molecule has 1 aromatic carbocycles. The molecule has 0 aromatic heterocycles. The molecule has 0 fully saturated rings. The Morgan fingerprint density at radius 2 is 2.27 bits per heavy atom. The highest BCUT2D eigenvalue weighted by Gasteiger charge is 2.21. The van der Waals surface area contributed by atoms with Gasteiger partial charge in [0.2, 0.25) is 0 Å². The van der Waals surface area contributed by atoms with Gasteiger partial charge >= 0.3 is 6.09 Å². The van der Waals surface area contributed by atoms with Crippen LogP contribution in [-0.2, 0) is 6.42 Å². The summed E-state index contributed by atoms with van der Waals surface area (Å²) in [6, 6.07) is 5.11. The lowest BCUT2D eigenvalue weighted by Crippen LogP contribution is -2.34. The van der Waals surface area contributed by atoms with Crippen molar-refractivity contribution in [1.82, 2.24) is 0 Å². The predicted octanol–water partition coefficient (Wildman–Crippen LogP) is 1.93. The molecule has 0 radical (unpaired) electrons. The van der Waals surface area contributed by atoms with Crippen LogP contribution in [0.1, 0.15) is 22.3 Å². The van der Waals surface area contributed by atoms with Gasteiger partial charge in [-0.05, 0) is 36.6 Å². The van der Waals surface area contributed by atoms with E-state index < -0.39 is 6.09 Å². The largest absolute Gasteiger partial charge is 0.465 e. The van der Waals surface area contributed by atoms with Gasteiger partial charge in [0.1, 0.15) is 6.29 Å². The van der Waals surface area contributed by atoms with Gasteiger partial charge in [-0.2, -0.15) is 0 Å². The van der Waals surface area contributed by atoms with Gasteiger partial charge in [-0.3, -0.25) is 9.69 Å². The molecule has 78 valence electrons. The van der Waals surface area contributed by atoms with Crippen molar-refractivity contribution in [2.75, 3.05) is 11.4 Å². The minimum absolute atomic E-state index is 0.531. The van der Waals surface area contributed by atoms with E-state index in [1.54, 1.807) is 18.2 Å². The number of carbonyl (C=O) groups excluding carboxylic acids is 1. The molecule has 0 unspecified atom stereocenters. The molecule has 0 spiro atoms. The predicted molar refractivity (Wildman–Crippen MR) is 55.5 cm³/mol. The monoisotopic (exact) mass is 205 g/mol. The van der Waals surface area contributed by atoms with Crippen LogP contribution in [0.25, 0.3) is 0 Å². The first-order valence-electron chi connectivity index (χ1n) is 4.81. The van der Waals surface area contributed by atoms with Crippen LogP contribution < -0.4 is 4.90 Å². The van der Waals surface area contributed by atoms with Crippen molar-refractivity contribution in [3.05, 3.63) is 29.3 Å². The Bertz CT molecular complexity index is 414. The average Bonchev–Trinajstić information content (AvgIpc) is 2.27. The number of aryl methyl sites for hydroxylation is 1. The van der Waals surface area contributed by atoms with Gasteiger partial charge in [-0.1, -0.05) is 0 Å². The molecule has 0 saturated heterocycles. The summed E-state index contributed by atoms with van der Waals surface area (Å²) in [5.41, 5.74) is 2.24. The molecule has 1 amide bonds. The molecule has 4 nitrogen and oxygen atoms in total. The highest BCUT2D eigenvalue weighted by Crippen LogP contribution is 2.27. The summed E-state index contributed by atoms with van der Waals surface area (Å²) in [6.07, 6.45) is 1.48. The smallest absolute Gasteiger partial charge is 0.411 e. The van der Waals surface area contributed by atoms with Crippen molar-refractivity contribution in [3.8, 4) is 0 Å². The number of carboxylic acid groups (broad SMARTS) is 1. The maximum atomic E-state index is 10.9. The van der Waals surface area contributed by atoms with Crippen molar-refractivity contribution in [3.63, 3.8) is 0 Å². The fraction of sp³-hybridized carbons (Fsp3) is 0.273. The zero-order valence-corrected chi connectivity index (χ0v) is 8.14. The molecule has 15 heavy (non-hydrogen) atoms. The molecule has 1 aromatic rings. The summed E-state index contributed by atoms with van der Waals surface area (Å²) in [6.45, 7) is 0.531. The van der Waals surface area contributed by atoms with Crippen LogP contribution in [0.4, 0.5) is 10.5 Å². The zero-order chi connectivity index (χ0) is 10.8. The average molecular weight is 205 g/mol. The second kappa shape index (κ2) is 3.73. The van der Waals surface area contributed by atoms with E-state index >= 15 is 0 Å². The van der Waals surface area contributed by atoms with E-state index in [1.807, 2.05) is 0 Å². The highest BCUT2D eigenvalue weighted by atomic mass is 16.4. The van der Waals surface area contributed by atoms with Gasteiger partial charge in [-0.25, -0.2) is 4.79 Å². The summed E-state index contributed by atoms with van der Waals surface area (Å²) in [7, 11) is 0. The van der Waals surface area contributed by atoms with Crippen molar-refractivity contribution < 1.29 is 14.7 Å². The third-order valence-corrected chi connectivity index (χ3v) is 2.59. The molecule has 4 heteroatoms. The molecule has 0 atom stereocenters. The van der Waals surface area contributed by atoms with Crippen LogP contribution >= 0.6 is 0 Å². The summed E-state index contributed by atoms with van der Waals surface area (Å²) in [5, 5.41) is 8.97. The number of aldehydes is 1. The van der Waals surface area contributed by atoms with Crippen molar-refractivity contribution in [2.24, 2.45) is 0 Å². The van der Waals surface area contributed by atoms with E-state index in [0.29, 0.717) is 17.8 Å². The molecular formula is C11H11NO3. The molecule has 0 saturated carbocycles. The number of hydrogen-bond acceptors (Lipinski definition) is 2. The van der Waals surface area contributed by atoms with Crippen molar-refractivity contribution >= 4 is 18.1 Å². The first kappa shape index (κ1) is 9.71. The summed E-state index contributed by atoms with van der Waals surface area (Å²) in [5.74, 6) is 0. The van der Waals surface area contributed by atoms with Crippen LogP contribution in [-0.4, -0.2) is 24.0 Å². The lowest BCUT2D eigenvalue weighted by molar-refractivity contribution is 0.112. The third-order valence-electron chi connectivity index (χ3n) is 2.59. The van der Waals surface area contributed by atoms with Gasteiger partial charge in [0, 0.05) is 12.1 Å². The van der Waals surface area contributed by atoms with E-state index in [0.717, 1.165) is 24.7 Å². The van der Waals surface area contributed by atoms with E-state index in [1.165, 1.54) is 4.90 Å². The first-order chi connectivity index (χ1) is 7.22. The Morgan fingerprint density at radius 1 is 1.47 bits per heavy atom. The highest BCUT2D eigenvalue weighted by molar-refractivity contribution is 5.89. The Labute approximate surface area is 87.1 Å². The zero-order valence-electron chi connectivity index (χ0n) is 8.14. The Morgan fingerprint density at radius 3 is 2.93 bits per heavy atom. The van der Waals surface area contributed by atoms with Gasteiger partial charge in [0.25, 0.3) is 0 Å². The number of hydrogen-bond donors (Lipinski definition) is 1. The fourth-order valence-corrected chi connectivity index (χ4v) is 1.89. The van der Waals surface area contributed by atoms with E-state index in [2.05, 4.69) is 0 Å². The molecular weight excluding hydrogens is 194 g/mol. The van der Waals surface area contributed by atoms with E-state index in [9.17, 15) is 9.59 Å². The number of amides is 1. The SMILES string of the molecule is O=Cc1ccc2c(c1)CCCN2C(=O)O. The minimum Gasteiger partial charge on any atom is -0.465 e. The van der Waals surface area contributed by atoms with Crippen LogP contribution in [0, 0.1) is 0 Å². The lowest BCUT2D eigenvalue weighted by Gasteiger charge is -2.26. The number of rotatable bonds is 1. The molecule has 1 aliphatic rings. The minimum atomic E-state index is -0.935. The molecule has 2 rings (SSSR count). The first-order valence-corrected chi connectivity index (χ1v) is 4.81. The lowest BCUT2D eigenvalue weighted by atomic mass is 10.00. The second-order valence-corrected chi connectivity index (χ2v) is 3.54. The van der Waals surface area contributed by atoms with Crippen LogP contribution in [0.5, 0.6) is 0 Å². The second-order valence-electron chi connectivity index (χ2n) is 3.54. The Hall–Kier alpha value is -1.84.